The van der Waals surface area contributed by atoms with E-state index in [1.54, 1.807) is 11.3 Å². The minimum Gasteiger partial charge on any atom is -0.390 e. The van der Waals surface area contributed by atoms with Gasteiger partial charge in [0.2, 0.25) is 5.82 Å². The maximum absolute atomic E-state index is 10.2. The van der Waals surface area contributed by atoms with Gasteiger partial charge in [-0.3, -0.25) is 0 Å². The molecule has 0 aromatic carbocycles. The lowest BCUT2D eigenvalue weighted by Gasteiger charge is -2.31. The molecular weight excluding hydrogens is 286 g/mol. The number of aliphatic hydroxyl groups is 1. The van der Waals surface area contributed by atoms with E-state index in [1.165, 1.54) is 17.6 Å². The molecule has 1 unspecified atom stereocenters. The van der Waals surface area contributed by atoms with Crippen molar-refractivity contribution in [1.29, 1.82) is 0 Å². The molecule has 0 saturated carbocycles. The van der Waals surface area contributed by atoms with E-state index in [0.29, 0.717) is 18.9 Å². The molecule has 3 heterocycles. The van der Waals surface area contributed by atoms with E-state index < -0.39 is 6.10 Å². The molecule has 2 aromatic heterocycles. The zero-order valence-electron chi connectivity index (χ0n) is 12.2. The molecule has 0 radical (unpaired) electrons. The topological polar surface area (TPSA) is 67.1 Å². The fraction of sp³-hybridized carbons (Fsp3) is 0.643. The molecule has 1 N–H and O–H groups in total. The summed E-state index contributed by atoms with van der Waals surface area (Å²) in [4.78, 5) is 3.81. The molecule has 1 saturated heterocycles. The van der Waals surface area contributed by atoms with E-state index in [9.17, 15) is 5.11 Å². The van der Waals surface area contributed by atoms with Gasteiger partial charge >= 0.3 is 0 Å². The monoisotopic (exact) mass is 307 g/mol. The van der Waals surface area contributed by atoms with Gasteiger partial charge in [0, 0.05) is 17.5 Å². The number of rotatable bonds is 5. The summed E-state index contributed by atoms with van der Waals surface area (Å²) >= 11 is 1.61. The van der Waals surface area contributed by atoms with E-state index in [0.717, 1.165) is 24.6 Å². The lowest BCUT2D eigenvalue weighted by atomic mass is 9.99. The average Bonchev–Trinajstić information content (AvgIpc) is 3.12. The average molecular weight is 307 g/mol. The fourth-order valence-electron chi connectivity index (χ4n) is 2.62. The minimum absolute atomic E-state index is 0.392. The van der Waals surface area contributed by atoms with Crippen LogP contribution < -0.4 is 0 Å². The summed E-state index contributed by atoms with van der Waals surface area (Å²) in [5, 5.41) is 26.5. The van der Waals surface area contributed by atoms with Crippen LogP contribution in [0.25, 0.3) is 11.4 Å². The first-order valence-corrected chi connectivity index (χ1v) is 8.36. The van der Waals surface area contributed by atoms with Gasteiger partial charge in [-0.15, -0.1) is 10.2 Å². The Hall–Kier alpha value is -1.31. The number of thiophene rings is 1. The Morgan fingerprint density at radius 1 is 1.38 bits per heavy atom. The fourth-order valence-corrected chi connectivity index (χ4v) is 3.25. The predicted molar refractivity (Wildman–Crippen MR) is 82.0 cm³/mol. The molecule has 1 aliphatic heterocycles. The summed E-state index contributed by atoms with van der Waals surface area (Å²) in [6, 6.07) is 1.97. The molecule has 0 bridgehead atoms. The largest absolute Gasteiger partial charge is 0.390 e. The van der Waals surface area contributed by atoms with Gasteiger partial charge in [-0.2, -0.15) is 16.1 Å². The molecule has 114 valence electrons. The van der Waals surface area contributed by atoms with Crippen LogP contribution in [0.1, 0.15) is 19.8 Å². The second-order valence-electron chi connectivity index (χ2n) is 5.82. The van der Waals surface area contributed by atoms with Crippen LogP contribution in [0.2, 0.25) is 0 Å². The van der Waals surface area contributed by atoms with Crippen LogP contribution in [0.3, 0.4) is 0 Å². The first kappa shape index (κ1) is 14.6. The standard InChI is InChI=1S/C14H21N5OS/c1-11-2-5-18(6-3-11)8-13(20)9-19-16-14(15-17-19)12-4-7-21-10-12/h4,7,10-11,13,20H,2-3,5-6,8-9H2,1H3. The van der Waals surface area contributed by atoms with Crippen molar-refractivity contribution in [1.82, 2.24) is 25.1 Å². The number of likely N-dealkylation sites (tertiary alicyclic amines) is 1. The Labute approximate surface area is 128 Å². The second-order valence-corrected chi connectivity index (χ2v) is 6.60. The smallest absolute Gasteiger partial charge is 0.205 e. The van der Waals surface area contributed by atoms with Crippen LogP contribution in [0.15, 0.2) is 16.8 Å². The molecular formula is C14H21N5OS. The third kappa shape index (κ3) is 3.87. The highest BCUT2D eigenvalue weighted by molar-refractivity contribution is 7.08. The summed E-state index contributed by atoms with van der Waals surface area (Å²) in [7, 11) is 0. The summed E-state index contributed by atoms with van der Waals surface area (Å²) < 4.78 is 0. The van der Waals surface area contributed by atoms with Gasteiger partial charge in [0.25, 0.3) is 0 Å². The highest BCUT2D eigenvalue weighted by Crippen LogP contribution is 2.17. The van der Waals surface area contributed by atoms with E-state index >= 15 is 0 Å². The van der Waals surface area contributed by atoms with Crippen molar-refractivity contribution in [3.63, 3.8) is 0 Å². The third-order valence-corrected chi connectivity index (χ3v) is 4.63. The van der Waals surface area contributed by atoms with Crippen molar-refractivity contribution in [2.75, 3.05) is 19.6 Å². The summed E-state index contributed by atoms with van der Waals surface area (Å²) in [6.45, 7) is 5.51. The quantitative estimate of drug-likeness (QED) is 0.906. The number of hydrogen-bond acceptors (Lipinski definition) is 6. The second kappa shape index (κ2) is 6.64. The Balaban J connectivity index is 1.52. The van der Waals surface area contributed by atoms with Crippen LogP contribution in [-0.4, -0.2) is 56.0 Å². The maximum atomic E-state index is 10.2. The Bertz CT molecular complexity index is 547. The zero-order valence-corrected chi connectivity index (χ0v) is 13.0. The van der Waals surface area contributed by atoms with E-state index in [1.807, 2.05) is 16.8 Å². The molecule has 0 amide bonds. The first-order chi connectivity index (χ1) is 10.2. The van der Waals surface area contributed by atoms with Crippen LogP contribution in [0.4, 0.5) is 0 Å². The van der Waals surface area contributed by atoms with Crippen molar-refractivity contribution in [2.24, 2.45) is 5.92 Å². The van der Waals surface area contributed by atoms with Crippen LogP contribution in [-0.2, 0) is 6.54 Å². The van der Waals surface area contributed by atoms with E-state index in [2.05, 4.69) is 27.2 Å². The van der Waals surface area contributed by atoms with E-state index in [-0.39, 0.29) is 0 Å². The summed E-state index contributed by atoms with van der Waals surface area (Å²) in [6.07, 6.45) is 1.98. The van der Waals surface area contributed by atoms with Gasteiger partial charge in [-0.05, 0) is 48.5 Å². The number of nitrogens with zero attached hydrogens (tertiary/aromatic N) is 5. The third-order valence-electron chi connectivity index (χ3n) is 3.95. The normalized spacial score (nSPS) is 19.0. The first-order valence-electron chi connectivity index (χ1n) is 7.41. The minimum atomic E-state index is -0.456. The molecule has 0 spiro atoms. The molecule has 3 rings (SSSR count). The molecule has 21 heavy (non-hydrogen) atoms. The zero-order chi connectivity index (χ0) is 14.7. The number of tetrazole rings is 1. The van der Waals surface area contributed by atoms with Crippen molar-refractivity contribution in [3.8, 4) is 11.4 Å². The number of aliphatic hydroxyl groups excluding tert-OH is 1. The van der Waals surface area contributed by atoms with Crippen LogP contribution in [0.5, 0.6) is 0 Å². The van der Waals surface area contributed by atoms with Crippen molar-refractivity contribution < 1.29 is 5.11 Å². The highest BCUT2D eigenvalue weighted by Gasteiger charge is 2.19. The van der Waals surface area contributed by atoms with Gasteiger partial charge in [0.15, 0.2) is 0 Å². The van der Waals surface area contributed by atoms with Crippen molar-refractivity contribution in [3.05, 3.63) is 16.8 Å². The summed E-state index contributed by atoms with van der Waals surface area (Å²) in [5.74, 6) is 1.43. The van der Waals surface area contributed by atoms with Crippen molar-refractivity contribution >= 4 is 11.3 Å². The molecule has 6 nitrogen and oxygen atoms in total. The number of piperidine rings is 1. The van der Waals surface area contributed by atoms with Gasteiger partial charge in [-0.1, -0.05) is 6.92 Å². The Morgan fingerprint density at radius 3 is 2.90 bits per heavy atom. The molecule has 7 heteroatoms. The SMILES string of the molecule is CC1CCN(CC(O)Cn2nnc(-c3ccsc3)n2)CC1. The molecule has 2 aromatic rings. The van der Waals surface area contributed by atoms with Crippen LogP contribution in [0, 0.1) is 5.92 Å². The molecule has 1 aliphatic rings. The molecule has 0 aliphatic carbocycles. The van der Waals surface area contributed by atoms with Gasteiger partial charge < -0.3 is 10.0 Å². The van der Waals surface area contributed by atoms with Crippen molar-refractivity contribution in [2.45, 2.75) is 32.4 Å². The maximum Gasteiger partial charge on any atom is 0.205 e. The number of β-amino-alcohol motifs (C(OH)–C–C–N with tert-alkyl or cyclic N) is 1. The number of hydrogen-bond donors (Lipinski definition) is 1. The van der Waals surface area contributed by atoms with E-state index in [4.69, 9.17) is 0 Å². The molecule has 1 fully saturated rings. The lowest BCUT2D eigenvalue weighted by Crippen LogP contribution is -2.40. The Kier molecular flexibility index (Phi) is 4.62. The molecule has 1 atom stereocenters. The Morgan fingerprint density at radius 2 is 2.19 bits per heavy atom. The number of aromatic nitrogens is 4. The lowest BCUT2D eigenvalue weighted by molar-refractivity contribution is 0.0743. The summed E-state index contributed by atoms with van der Waals surface area (Å²) in [5.41, 5.74) is 0.978. The van der Waals surface area contributed by atoms with Gasteiger partial charge in [0.1, 0.15) is 0 Å². The predicted octanol–water partition coefficient (Wildman–Crippen LogP) is 1.49. The highest BCUT2D eigenvalue weighted by atomic mass is 32.1. The van der Waals surface area contributed by atoms with Gasteiger partial charge in [-0.25, -0.2) is 0 Å². The van der Waals surface area contributed by atoms with Crippen LogP contribution >= 0.6 is 11.3 Å². The van der Waals surface area contributed by atoms with Gasteiger partial charge in [0.05, 0.1) is 12.6 Å².